The summed E-state index contributed by atoms with van der Waals surface area (Å²) in [6, 6.07) is 17.2. The van der Waals surface area contributed by atoms with Gasteiger partial charge in [0.05, 0.1) is 24.9 Å². The summed E-state index contributed by atoms with van der Waals surface area (Å²) in [7, 11) is 1.69. The van der Waals surface area contributed by atoms with E-state index in [0.717, 1.165) is 22.2 Å². The summed E-state index contributed by atoms with van der Waals surface area (Å²) < 4.78 is 7.97. The minimum Gasteiger partial charge on any atom is -0.497 e. The first-order valence-electron chi connectivity index (χ1n) is 11.9. The number of benzene rings is 1. The van der Waals surface area contributed by atoms with E-state index in [1.165, 1.54) is 49.1 Å². The molecule has 6 heteroatoms. The van der Waals surface area contributed by atoms with Crippen LogP contribution in [0.3, 0.4) is 0 Å². The van der Waals surface area contributed by atoms with Crippen molar-refractivity contribution in [2.45, 2.75) is 64.1 Å². The number of pyridine rings is 1. The van der Waals surface area contributed by atoms with Gasteiger partial charge in [-0.15, -0.1) is 0 Å². The molecular weight excluding hydrogens is 428 g/mol. The number of hydrogen-bond donors (Lipinski definition) is 1. The maximum absolute atomic E-state index is 5.89. The Morgan fingerprint density at radius 2 is 1.79 bits per heavy atom. The second-order valence-electron chi connectivity index (χ2n) is 9.18. The zero-order chi connectivity index (χ0) is 22.9. The molecule has 1 saturated heterocycles. The smallest absolute Gasteiger partial charge is 0.174 e. The van der Waals surface area contributed by atoms with E-state index >= 15 is 0 Å². The van der Waals surface area contributed by atoms with Gasteiger partial charge in [0.15, 0.2) is 5.11 Å². The van der Waals surface area contributed by atoms with Gasteiger partial charge in [0.2, 0.25) is 0 Å². The molecular formula is C27H32N4OS. The molecule has 172 valence electrons. The van der Waals surface area contributed by atoms with E-state index in [2.05, 4.69) is 52.9 Å². The number of hydrogen-bond acceptors (Lipinski definition) is 3. The Kier molecular flexibility index (Phi) is 6.11. The number of rotatable bonds is 5. The summed E-state index contributed by atoms with van der Waals surface area (Å²) in [5, 5.41) is 4.31. The topological polar surface area (TPSA) is 42.3 Å². The molecule has 2 aromatic heterocycles. The third-order valence-corrected chi connectivity index (χ3v) is 7.55. The molecule has 2 atom stereocenters. The molecule has 0 bridgehead atoms. The lowest BCUT2D eigenvalue weighted by Gasteiger charge is -2.30. The van der Waals surface area contributed by atoms with Gasteiger partial charge in [-0.05, 0) is 86.9 Å². The highest BCUT2D eigenvalue weighted by molar-refractivity contribution is 7.80. The van der Waals surface area contributed by atoms with E-state index in [1.807, 2.05) is 30.5 Å². The predicted octanol–water partition coefficient (Wildman–Crippen LogP) is 6.19. The fourth-order valence-electron chi connectivity index (χ4n) is 5.69. The van der Waals surface area contributed by atoms with Crippen LogP contribution in [0.1, 0.15) is 72.9 Å². The lowest BCUT2D eigenvalue weighted by Crippen LogP contribution is -2.29. The van der Waals surface area contributed by atoms with Crippen LogP contribution >= 0.6 is 12.2 Å². The van der Waals surface area contributed by atoms with Crippen molar-refractivity contribution < 1.29 is 4.74 Å². The minimum absolute atomic E-state index is 0.0179. The average Bonchev–Trinajstić information content (AvgIpc) is 3.35. The van der Waals surface area contributed by atoms with Gasteiger partial charge in [0, 0.05) is 29.3 Å². The third kappa shape index (κ3) is 4.01. The number of anilines is 1. The SMILES string of the molecule is COc1ccc(N2C(=S)NC(c3ccccn3)C2c2cc(C)n(C3CCCCC3)c2C)cc1. The van der Waals surface area contributed by atoms with Crippen molar-refractivity contribution in [2.75, 3.05) is 12.0 Å². The van der Waals surface area contributed by atoms with Crippen molar-refractivity contribution in [1.82, 2.24) is 14.9 Å². The van der Waals surface area contributed by atoms with Crippen molar-refractivity contribution in [3.8, 4) is 5.75 Å². The third-order valence-electron chi connectivity index (χ3n) is 7.23. The van der Waals surface area contributed by atoms with Gasteiger partial charge >= 0.3 is 0 Å². The van der Waals surface area contributed by atoms with Crippen LogP contribution in [0.5, 0.6) is 5.75 Å². The Bertz CT molecular complexity index is 1120. The summed E-state index contributed by atoms with van der Waals surface area (Å²) in [6.07, 6.45) is 8.39. The van der Waals surface area contributed by atoms with Gasteiger partial charge in [0.25, 0.3) is 0 Å². The number of aryl methyl sites for hydroxylation is 1. The maximum Gasteiger partial charge on any atom is 0.174 e. The minimum atomic E-state index is -0.0268. The Balaban J connectivity index is 1.61. The Morgan fingerprint density at radius 1 is 1.03 bits per heavy atom. The number of aromatic nitrogens is 2. The molecule has 1 N–H and O–H groups in total. The van der Waals surface area contributed by atoms with Crippen molar-refractivity contribution >= 4 is 23.0 Å². The molecule has 1 aromatic carbocycles. The van der Waals surface area contributed by atoms with Gasteiger partial charge in [-0.1, -0.05) is 25.3 Å². The molecule has 0 amide bonds. The summed E-state index contributed by atoms with van der Waals surface area (Å²) in [4.78, 5) is 6.95. The number of nitrogens with zero attached hydrogens (tertiary/aromatic N) is 3. The molecule has 0 spiro atoms. The first-order valence-corrected chi connectivity index (χ1v) is 12.3. The molecule has 3 heterocycles. The Morgan fingerprint density at radius 3 is 2.45 bits per heavy atom. The Labute approximate surface area is 201 Å². The largest absolute Gasteiger partial charge is 0.497 e. The fourth-order valence-corrected chi connectivity index (χ4v) is 6.04. The average molecular weight is 461 g/mol. The van der Waals surface area contributed by atoms with E-state index < -0.39 is 0 Å². The van der Waals surface area contributed by atoms with Gasteiger partial charge in [-0.2, -0.15) is 0 Å². The highest BCUT2D eigenvalue weighted by Crippen LogP contribution is 2.44. The molecule has 1 aliphatic carbocycles. The van der Waals surface area contributed by atoms with Crippen LogP contribution in [-0.2, 0) is 0 Å². The summed E-state index contributed by atoms with van der Waals surface area (Å²) in [5.74, 6) is 0.838. The molecule has 0 radical (unpaired) electrons. The fraction of sp³-hybridized carbons (Fsp3) is 0.407. The molecule has 33 heavy (non-hydrogen) atoms. The summed E-state index contributed by atoms with van der Waals surface area (Å²) in [6.45, 7) is 4.53. The highest BCUT2D eigenvalue weighted by Gasteiger charge is 2.42. The van der Waals surface area contributed by atoms with Crippen molar-refractivity contribution in [2.24, 2.45) is 0 Å². The van der Waals surface area contributed by atoms with Crippen molar-refractivity contribution in [3.05, 3.63) is 77.4 Å². The maximum atomic E-state index is 5.89. The highest BCUT2D eigenvalue weighted by atomic mass is 32.1. The van der Waals surface area contributed by atoms with Crippen molar-refractivity contribution in [3.63, 3.8) is 0 Å². The van der Waals surface area contributed by atoms with E-state index in [-0.39, 0.29) is 12.1 Å². The van der Waals surface area contributed by atoms with Crippen LogP contribution in [0.15, 0.2) is 54.7 Å². The van der Waals surface area contributed by atoms with Crippen LogP contribution in [0, 0.1) is 13.8 Å². The summed E-state index contributed by atoms with van der Waals surface area (Å²) in [5.41, 5.74) is 6.05. The predicted molar refractivity (Wildman–Crippen MR) is 137 cm³/mol. The number of methoxy groups -OCH3 is 1. The zero-order valence-electron chi connectivity index (χ0n) is 19.6. The molecule has 1 aliphatic heterocycles. The van der Waals surface area contributed by atoms with Crippen LogP contribution in [0.25, 0.3) is 0 Å². The first-order chi connectivity index (χ1) is 16.1. The van der Waals surface area contributed by atoms with E-state index in [4.69, 9.17) is 21.9 Å². The lowest BCUT2D eigenvalue weighted by molar-refractivity contribution is 0.345. The molecule has 2 unspecified atom stereocenters. The van der Waals surface area contributed by atoms with Crippen LogP contribution in [-0.4, -0.2) is 21.8 Å². The molecule has 5 rings (SSSR count). The van der Waals surface area contributed by atoms with Crippen molar-refractivity contribution in [1.29, 1.82) is 0 Å². The van der Waals surface area contributed by atoms with Crippen LogP contribution < -0.4 is 15.0 Å². The molecule has 1 saturated carbocycles. The number of nitrogens with one attached hydrogen (secondary N) is 1. The molecule has 2 fully saturated rings. The second-order valence-corrected chi connectivity index (χ2v) is 9.57. The van der Waals surface area contributed by atoms with Gasteiger partial charge in [-0.25, -0.2) is 0 Å². The monoisotopic (exact) mass is 460 g/mol. The van der Waals surface area contributed by atoms with E-state index in [0.29, 0.717) is 6.04 Å². The van der Waals surface area contributed by atoms with Crippen LogP contribution in [0.4, 0.5) is 5.69 Å². The number of thiocarbonyl (C=S) groups is 1. The second kappa shape index (κ2) is 9.18. The summed E-state index contributed by atoms with van der Waals surface area (Å²) >= 11 is 5.89. The Hall–Kier alpha value is -2.86. The quantitative estimate of drug-likeness (QED) is 0.460. The standard InChI is InChI=1S/C27H32N4OS/c1-18-17-23(19(2)30(18)20-9-5-4-6-10-20)26-25(24-11-7-8-16-28-24)29-27(33)31(26)21-12-14-22(32-3)15-13-21/h7-8,11-17,20,25-26H,4-6,9-10H2,1-3H3,(H,29,33). The zero-order valence-corrected chi connectivity index (χ0v) is 20.4. The molecule has 3 aromatic rings. The number of ether oxygens (including phenoxy) is 1. The van der Waals surface area contributed by atoms with Gasteiger partial charge in [-0.3, -0.25) is 4.98 Å². The normalized spacial score (nSPS) is 21.3. The molecule has 2 aliphatic rings. The van der Waals surface area contributed by atoms with E-state index in [1.54, 1.807) is 7.11 Å². The lowest BCUT2D eigenvalue weighted by atomic mass is 9.94. The molecule has 5 nitrogen and oxygen atoms in total. The van der Waals surface area contributed by atoms with Gasteiger partial charge < -0.3 is 19.5 Å². The van der Waals surface area contributed by atoms with E-state index in [9.17, 15) is 0 Å². The first kappa shape index (κ1) is 22.0. The van der Waals surface area contributed by atoms with Gasteiger partial charge in [0.1, 0.15) is 5.75 Å². The van der Waals surface area contributed by atoms with Crippen LogP contribution in [0.2, 0.25) is 0 Å².